The minimum atomic E-state index is -0.742. The van der Waals surface area contributed by atoms with Crippen molar-refractivity contribution in [2.75, 3.05) is 24.2 Å². The highest BCUT2D eigenvalue weighted by Crippen LogP contribution is 2.37. The number of aryl methyl sites for hydroxylation is 1. The molecule has 224 valence electrons. The third kappa shape index (κ3) is 5.30. The van der Waals surface area contributed by atoms with Crippen molar-refractivity contribution in [3.05, 3.63) is 82.6 Å². The quantitative estimate of drug-likeness (QED) is 0.201. The molecule has 4 heterocycles. The molecule has 0 radical (unpaired) electrons. The van der Waals surface area contributed by atoms with Crippen molar-refractivity contribution in [3.63, 3.8) is 0 Å². The lowest BCUT2D eigenvalue weighted by atomic mass is 10.0. The number of piperazine rings is 1. The summed E-state index contributed by atoms with van der Waals surface area (Å²) in [5.74, 6) is -1.35. The summed E-state index contributed by atoms with van der Waals surface area (Å²) >= 11 is 1.28. The smallest absolute Gasteiger partial charge is 0.347 e. The zero-order valence-corrected chi connectivity index (χ0v) is 25.9. The van der Waals surface area contributed by atoms with Crippen LogP contribution >= 0.6 is 11.8 Å². The molecular weight excluding hydrogens is 570 g/mol. The Morgan fingerprint density at radius 1 is 1.12 bits per heavy atom. The number of hydrogen-bond acceptors (Lipinski definition) is 7. The molecule has 0 spiro atoms. The average molecular weight is 605 g/mol. The molecule has 0 saturated carbocycles. The molecule has 1 fully saturated rings. The van der Waals surface area contributed by atoms with Crippen LogP contribution in [-0.4, -0.2) is 61.8 Å². The SMILES string of the molecule is C=CC(=O)N1C[C@H](C)N(c2nc(=O)n(-c3c(C)ccnc3C(C)C)c3nc(-c4c(F)cccc4SC)c(F)cc23)[C@@H](C)C1. The molecule has 5 rings (SSSR count). The number of hydrogen-bond donors (Lipinski definition) is 0. The Bertz CT molecular complexity index is 1800. The van der Waals surface area contributed by atoms with Crippen molar-refractivity contribution in [1.82, 2.24) is 24.4 Å². The van der Waals surface area contributed by atoms with Crippen LogP contribution in [0.1, 0.15) is 44.9 Å². The van der Waals surface area contributed by atoms with Crippen LogP contribution in [0.15, 0.2) is 58.9 Å². The van der Waals surface area contributed by atoms with E-state index in [1.54, 1.807) is 35.6 Å². The van der Waals surface area contributed by atoms with Crippen molar-refractivity contribution >= 4 is 34.5 Å². The normalized spacial score (nSPS) is 17.1. The predicted molar refractivity (Wildman–Crippen MR) is 167 cm³/mol. The van der Waals surface area contributed by atoms with E-state index < -0.39 is 17.3 Å². The second-order valence-corrected chi connectivity index (χ2v) is 12.0. The molecule has 1 saturated heterocycles. The summed E-state index contributed by atoms with van der Waals surface area (Å²) in [5.41, 5.74) is 1.28. The van der Waals surface area contributed by atoms with Gasteiger partial charge >= 0.3 is 5.69 Å². The zero-order chi connectivity index (χ0) is 31.2. The van der Waals surface area contributed by atoms with Crippen molar-refractivity contribution < 1.29 is 13.6 Å². The molecule has 43 heavy (non-hydrogen) atoms. The van der Waals surface area contributed by atoms with Crippen molar-refractivity contribution in [2.45, 2.75) is 57.5 Å². The van der Waals surface area contributed by atoms with Crippen LogP contribution in [0.5, 0.6) is 0 Å². The summed E-state index contributed by atoms with van der Waals surface area (Å²) in [6.07, 6.45) is 4.74. The Balaban J connectivity index is 1.87. The highest BCUT2D eigenvalue weighted by molar-refractivity contribution is 7.98. The van der Waals surface area contributed by atoms with E-state index >= 15 is 8.78 Å². The number of rotatable bonds is 6. The van der Waals surface area contributed by atoms with Gasteiger partial charge in [0.1, 0.15) is 17.3 Å². The van der Waals surface area contributed by atoms with E-state index in [0.717, 1.165) is 5.56 Å². The number of thioether (sulfide) groups is 1. The Morgan fingerprint density at radius 3 is 2.44 bits per heavy atom. The Hall–Kier alpha value is -4.12. The molecule has 0 unspecified atom stereocenters. The third-order valence-corrected chi connectivity index (χ3v) is 8.59. The maximum atomic E-state index is 16.1. The third-order valence-electron chi connectivity index (χ3n) is 7.81. The number of anilines is 1. The van der Waals surface area contributed by atoms with Crippen LogP contribution in [0.25, 0.3) is 28.0 Å². The summed E-state index contributed by atoms with van der Waals surface area (Å²) in [7, 11) is 0. The number of amides is 1. The molecule has 4 aromatic rings. The number of aromatic nitrogens is 4. The van der Waals surface area contributed by atoms with Crippen LogP contribution < -0.4 is 10.6 Å². The summed E-state index contributed by atoms with van der Waals surface area (Å²) in [4.78, 5) is 44.4. The number of nitrogens with zero attached hydrogens (tertiary/aromatic N) is 6. The number of carbonyl (C=O) groups is 1. The number of carbonyl (C=O) groups excluding carboxylic acids is 1. The highest BCUT2D eigenvalue weighted by atomic mass is 32.2. The van der Waals surface area contributed by atoms with Crippen molar-refractivity contribution in [2.24, 2.45) is 0 Å². The molecule has 0 N–H and O–H groups in total. The van der Waals surface area contributed by atoms with E-state index in [1.807, 2.05) is 39.5 Å². The molecular formula is C32H34F2N6O2S. The lowest BCUT2D eigenvalue weighted by Gasteiger charge is -2.45. The van der Waals surface area contributed by atoms with Gasteiger partial charge < -0.3 is 9.80 Å². The molecule has 11 heteroatoms. The topological polar surface area (TPSA) is 84.2 Å². The summed E-state index contributed by atoms with van der Waals surface area (Å²) in [6, 6.07) is 7.09. The van der Waals surface area contributed by atoms with E-state index in [4.69, 9.17) is 4.98 Å². The van der Waals surface area contributed by atoms with Crippen LogP contribution in [-0.2, 0) is 4.79 Å². The monoisotopic (exact) mass is 604 g/mol. The molecule has 1 aliphatic rings. The molecule has 3 aromatic heterocycles. The molecule has 0 aliphatic carbocycles. The van der Waals surface area contributed by atoms with E-state index in [9.17, 15) is 9.59 Å². The zero-order valence-electron chi connectivity index (χ0n) is 25.1. The molecule has 0 bridgehead atoms. The van der Waals surface area contributed by atoms with Crippen LogP contribution in [0, 0.1) is 18.6 Å². The van der Waals surface area contributed by atoms with Gasteiger partial charge in [-0.2, -0.15) is 4.98 Å². The van der Waals surface area contributed by atoms with Gasteiger partial charge in [0.2, 0.25) is 5.91 Å². The summed E-state index contributed by atoms with van der Waals surface area (Å²) in [5, 5.41) is 0.294. The molecule has 1 aliphatic heterocycles. The van der Waals surface area contributed by atoms with Gasteiger partial charge in [0.25, 0.3) is 0 Å². The molecule has 1 aromatic carbocycles. The van der Waals surface area contributed by atoms with Gasteiger partial charge in [-0.3, -0.25) is 9.78 Å². The number of fused-ring (bicyclic) bond motifs is 1. The number of halogens is 2. The maximum absolute atomic E-state index is 16.1. The van der Waals surface area contributed by atoms with E-state index in [1.165, 1.54) is 34.5 Å². The number of pyridine rings is 2. The lowest BCUT2D eigenvalue weighted by Crippen LogP contribution is -2.58. The lowest BCUT2D eigenvalue weighted by molar-refractivity contribution is -0.127. The first-order valence-corrected chi connectivity index (χ1v) is 15.3. The minimum absolute atomic E-state index is 0.0250. The maximum Gasteiger partial charge on any atom is 0.355 e. The highest BCUT2D eigenvalue weighted by Gasteiger charge is 2.35. The van der Waals surface area contributed by atoms with Gasteiger partial charge in [0.05, 0.1) is 22.3 Å². The van der Waals surface area contributed by atoms with Gasteiger partial charge in [-0.1, -0.05) is 26.5 Å². The second-order valence-electron chi connectivity index (χ2n) is 11.1. The first kappa shape index (κ1) is 30.3. The van der Waals surface area contributed by atoms with Gasteiger partial charge in [-0.15, -0.1) is 11.8 Å². The predicted octanol–water partition coefficient (Wildman–Crippen LogP) is 5.89. The standard InChI is InChI=1S/C32H34F2N6O2S/c1-8-25(41)38-15-19(5)39(20(6)16-38)31-21-14-23(34)28(26-22(33)10-9-11-24(26)43-7)36-30(21)40(32(42)37-31)29-18(4)12-13-35-27(29)17(2)3/h8-14,17,19-20H,1,15-16H2,2-7H3/t19-,20-/m0/s1. The molecule has 8 nitrogen and oxygen atoms in total. The first-order chi connectivity index (χ1) is 20.5. The van der Waals surface area contributed by atoms with E-state index in [0.29, 0.717) is 34.8 Å². The average Bonchev–Trinajstić information content (AvgIpc) is 2.96. The fraction of sp³-hybridized carbons (Fsp3) is 0.344. The molecule has 2 atom stereocenters. The van der Waals surface area contributed by atoms with Gasteiger partial charge in [-0.05, 0) is 68.8 Å². The van der Waals surface area contributed by atoms with E-state index in [2.05, 4.69) is 16.5 Å². The fourth-order valence-electron chi connectivity index (χ4n) is 5.92. The van der Waals surface area contributed by atoms with Crippen LogP contribution in [0.4, 0.5) is 14.6 Å². The first-order valence-electron chi connectivity index (χ1n) is 14.1. The van der Waals surface area contributed by atoms with Crippen LogP contribution in [0.2, 0.25) is 0 Å². The fourth-order valence-corrected chi connectivity index (χ4v) is 6.53. The number of benzene rings is 1. The van der Waals surface area contributed by atoms with Crippen LogP contribution in [0.3, 0.4) is 0 Å². The Labute approximate surface area is 253 Å². The largest absolute Gasteiger partial charge is 0.355 e. The van der Waals surface area contributed by atoms with Crippen molar-refractivity contribution in [1.29, 1.82) is 0 Å². The summed E-state index contributed by atoms with van der Waals surface area (Å²) in [6.45, 7) is 14.0. The van der Waals surface area contributed by atoms with Gasteiger partial charge in [-0.25, -0.2) is 23.1 Å². The second kappa shape index (κ2) is 11.9. The minimum Gasteiger partial charge on any atom is -0.347 e. The summed E-state index contributed by atoms with van der Waals surface area (Å²) < 4.78 is 32.8. The molecule has 1 amide bonds. The Kier molecular flexibility index (Phi) is 8.38. The van der Waals surface area contributed by atoms with Gasteiger partial charge in [0, 0.05) is 36.3 Å². The van der Waals surface area contributed by atoms with Crippen molar-refractivity contribution in [3.8, 4) is 16.9 Å². The van der Waals surface area contributed by atoms with E-state index in [-0.39, 0.29) is 46.6 Å². The Morgan fingerprint density at radius 2 is 1.81 bits per heavy atom. The van der Waals surface area contributed by atoms with Gasteiger partial charge in [0.15, 0.2) is 11.5 Å².